The van der Waals surface area contributed by atoms with Crippen LogP contribution in [-0.2, 0) is 0 Å². The van der Waals surface area contributed by atoms with Gasteiger partial charge in [-0.25, -0.2) is 8.78 Å². The average molecular weight is 231 g/mol. The Balaban J connectivity index is 2.80. The van der Waals surface area contributed by atoms with Gasteiger partial charge >= 0.3 is 0 Å². The van der Waals surface area contributed by atoms with Crippen LogP contribution < -0.4 is 10.5 Å². The first kappa shape index (κ1) is 11.8. The van der Waals surface area contributed by atoms with Gasteiger partial charge in [0.2, 0.25) is 0 Å². The van der Waals surface area contributed by atoms with Gasteiger partial charge in [0.25, 0.3) is 0 Å². The van der Waals surface area contributed by atoms with Gasteiger partial charge in [0, 0.05) is 6.07 Å². The smallest absolute Gasteiger partial charge is 0.162 e. The molecule has 0 aliphatic heterocycles. The summed E-state index contributed by atoms with van der Waals surface area (Å²) >= 11 is 4.76. The molecule has 2 nitrogen and oxygen atoms in total. The highest BCUT2D eigenvalue weighted by molar-refractivity contribution is 7.80. The highest BCUT2D eigenvalue weighted by Crippen LogP contribution is 2.17. The van der Waals surface area contributed by atoms with Crippen LogP contribution in [0.3, 0.4) is 0 Å². The molecule has 1 atom stereocenters. The summed E-state index contributed by atoms with van der Waals surface area (Å²) in [6.45, 7) is 1.84. The Labute approximate surface area is 92.0 Å². The number of nitrogens with two attached hydrogens (primary N) is 1. The molecule has 0 radical (unpaired) electrons. The minimum absolute atomic E-state index is 0.197. The lowest BCUT2D eigenvalue weighted by Crippen LogP contribution is -2.31. The van der Waals surface area contributed by atoms with Crippen LogP contribution in [0.2, 0.25) is 0 Å². The van der Waals surface area contributed by atoms with Crippen LogP contribution in [0, 0.1) is 11.6 Å². The van der Waals surface area contributed by atoms with Gasteiger partial charge in [-0.1, -0.05) is 19.1 Å². The van der Waals surface area contributed by atoms with Crippen LogP contribution in [0.5, 0.6) is 5.75 Å². The van der Waals surface area contributed by atoms with Gasteiger partial charge in [0.05, 0.1) is 0 Å². The molecule has 0 heterocycles. The lowest BCUT2D eigenvalue weighted by molar-refractivity contribution is 0.262. The molecule has 82 valence electrons. The molecule has 0 spiro atoms. The summed E-state index contributed by atoms with van der Waals surface area (Å²) in [6, 6.07) is 3.30. The molecule has 1 rings (SSSR count). The predicted molar refractivity (Wildman–Crippen MR) is 57.9 cm³/mol. The Hall–Kier alpha value is -1.23. The zero-order valence-corrected chi connectivity index (χ0v) is 8.98. The van der Waals surface area contributed by atoms with Gasteiger partial charge in [-0.05, 0) is 18.6 Å². The Morgan fingerprint density at radius 2 is 2.13 bits per heavy atom. The lowest BCUT2D eigenvalue weighted by Gasteiger charge is -2.15. The van der Waals surface area contributed by atoms with Crippen molar-refractivity contribution < 1.29 is 13.5 Å². The molecule has 5 heteroatoms. The first-order chi connectivity index (χ1) is 7.04. The second kappa shape index (κ2) is 5.02. The quantitative estimate of drug-likeness (QED) is 0.808. The fraction of sp³-hybridized carbons (Fsp3) is 0.300. The van der Waals surface area contributed by atoms with Crippen molar-refractivity contribution in [3.05, 3.63) is 29.8 Å². The van der Waals surface area contributed by atoms with Gasteiger partial charge < -0.3 is 10.5 Å². The topological polar surface area (TPSA) is 35.2 Å². The summed E-state index contributed by atoms with van der Waals surface area (Å²) in [6.07, 6.45) is 0.124. The highest BCUT2D eigenvalue weighted by atomic mass is 32.1. The van der Waals surface area contributed by atoms with E-state index < -0.39 is 17.7 Å². The standard InChI is InChI=1S/C10H11F2NOS/c1-2-9(10(13)15)14-6-3-4-7(11)8(12)5-6/h3-5,9H,2H2,1H3,(H2,13,15). The molecule has 0 amide bonds. The van der Waals surface area contributed by atoms with Crippen molar-refractivity contribution in [2.24, 2.45) is 5.73 Å². The summed E-state index contributed by atoms with van der Waals surface area (Å²) < 4.78 is 30.7. The molecule has 15 heavy (non-hydrogen) atoms. The first-order valence-electron chi connectivity index (χ1n) is 4.45. The van der Waals surface area contributed by atoms with Crippen molar-refractivity contribution in [1.29, 1.82) is 0 Å². The van der Waals surface area contributed by atoms with E-state index in [2.05, 4.69) is 0 Å². The van der Waals surface area contributed by atoms with Crippen LogP contribution >= 0.6 is 12.2 Å². The third-order valence-corrected chi connectivity index (χ3v) is 2.12. The van der Waals surface area contributed by atoms with Crippen molar-refractivity contribution in [3.8, 4) is 5.75 Å². The summed E-state index contributed by atoms with van der Waals surface area (Å²) in [5.74, 6) is -1.65. The van der Waals surface area contributed by atoms with Crippen molar-refractivity contribution in [3.63, 3.8) is 0 Å². The molecule has 0 aliphatic rings. The number of hydrogen-bond donors (Lipinski definition) is 1. The molecule has 1 aromatic carbocycles. The molecule has 0 saturated heterocycles. The molecule has 0 aromatic heterocycles. The molecule has 0 bridgehead atoms. The van der Waals surface area contributed by atoms with Crippen LogP contribution in [-0.4, -0.2) is 11.1 Å². The van der Waals surface area contributed by atoms with Crippen LogP contribution in [0.1, 0.15) is 13.3 Å². The molecule has 0 aliphatic carbocycles. The number of rotatable bonds is 4. The minimum atomic E-state index is -0.953. The fourth-order valence-electron chi connectivity index (χ4n) is 1.06. The number of halogens is 2. The predicted octanol–water partition coefficient (Wildman–Crippen LogP) is 2.41. The number of thiocarbonyl (C=S) groups is 1. The largest absolute Gasteiger partial charge is 0.483 e. The van der Waals surface area contributed by atoms with Crippen LogP contribution in [0.4, 0.5) is 8.78 Å². The SMILES string of the molecule is CCC(Oc1ccc(F)c(F)c1)C(N)=S. The molecular weight excluding hydrogens is 220 g/mol. The maximum atomic E-state index is 12.8. The van der Waals surface area contributed by atoms with Gasteiger partial charge in [-0.15, -0.1) is 0 Å². The Morgan fingerprint density at radius 3 is 2.60 bits per heavy atom. The second-order valence-electron chi connectivity index (χ2n) is 2.99. The molecule has 1 unspecified atom stereocenters. The van der Waals surface area contributed by atoms with Crippen molar-refractivity contribution in [2.75, 3.05) is 0 Å². The molecule has 2 N–H and O–H groups in total. The van der Waals surface area contributed by atoms with Crippen molar-refractivity contribution in [1.82, 2.24) is 0 Å². The zero-order chi connectivity index (χ0) is 11.4. The van der Waals surface area contributed by atoms with E-state index in [9.17, 15) is 8.78 Å². The van der Waals surface area contributed by atoms with Crippen LogP contribution in [0.25, 0.3) is 0 Å². The van der Waals surface area contributed by atoms with Gasteiger partial charge in [0.1, 0.15) is 16.8 Å². The monoisotopic (exact) mass is 231 g/mol. The number of ether oxygens (including phenoxy) is 1. The molecule has 1 aromatic rings. The van der Waals surface area contributed by atoms with E-state index in [1.807, 2.05) is 6.92 Å². The summed E-state index contributed by atoms with van der Waals surface area (Å²) in [4.78, 5) is 0.197. The third-order valence-electron chi connectivity index (χ3n) is 1.86. The van der Waals surface area contributed by atoms with E-state index in [1.54, 1.807) is 0 Å². The van der Waals surface area contributed by atoms with E-state index in [4.69, 9.17) is 22.7 Å². The highest BCUT2D eigenvalue weighted by Gasteiger charge is 2.12. The lowest BCUT2D eigenvalue weighted by atomic mass is 10.2. The summed E-state index contributed by atoms with van der Waals surface area (Å²) in [5.41, 5.74) is 5.40. The average Bonchev–Trinajstić information content (AvgIpc) is 2.19. The molecule has 0 saturated carbocycles. The van der Waals surface area contributed by atoms with Gasteiger partial charge in [-0.2, -0.15) is 0 Å². The fourth-order valence-corrected chi connectivity index (χ4v) is 1.27. The summed E-state index contributed by atoms with van der Waals surface area (Å²) in [5, 5.41) is 0. The Morgan fingerprint density at radius 1 is 1.47 bits per heavy atom. The zero-order valence-electron chi connectivity index (χ0n) is 8.17. The molecule has 0 fully saturated rings. The van der Waals surface area contributed by atoms with E-state index in [0.29, 0.717) is 6.42 Å². The normalized spacial score (nSPS) is 12.2. The number of benzene rings is 1. The van der Waals surface area contributed by atoms with Gasteiger partial charge in [0.15, 0.2) is 11.6 Å². The van der Waals surface area contributed by atoms with E-state index >= 15 is 0 Å². The van der Waals surface area contributed by atoms with Gasteiger partial charge in [-0.3, -0.25) is 0 Å². The van der Waals surface area contributed by atoms with E-state index in [0.717, 1.165) is 12.1 Å². The molecular formula is C10H11F2NOS. The maximum Gasteiger partial charge on any atom is 0.162 e. The summed E-state index contributed by atoms with van der Waals surface area (Å²) in [7, 11) is 0. The number of hydrogen-bond acceptors (Lipinski definition) is 2. The van der Waals surface area contributed by atoms with Crippen molar-refractivity contribution >= 4 is 17.2 Å². The minimum Gasteiger partial charge on any atom is -0.483 e. The van der Waals surface area contributed by atoms with E-state index in [1.165, 1.54) is 6.07 Å². The second-order valence-corrected chi connectivity index (χ2v) is 3.46. The Bertz CT molecular complexity index is 370. The van der Waals surface area contributed by atoms with E-state index in [-0.39, 0.29) is 10.7 Å². The Kier molecular flexibility index (Phi) is 3.96. The van der Waals surface area contributed by atoms with Crippen LogP contribution in [0.15, 0.2) is 18.2 Å². The third kappa shape index (κ3) is 3.13. The maximum absolute atomic E-state index is 12.8. The van der Waals surface area contributed by atoms with Crippen molar-refractivity contribution in [2.45, 2.75) is 19.4 Å². The first-order valence-corrected chi connectivity index (χ1v) is 4.86.